The molecule has 0 amide bonds. The number of hydrogen-bond acceptors (Lipinski definition) is 3. The Bertz CT molecular complexity index is 546. The first-order valence-corrected chi connectivity index (χ1v) is 5.40. The number of rotatable bonds is 4. The van der Waals surface area contributed by atoms with Crippen LogP contribution in [-0.2, 0) is 13.2 Å². The SMILES string of the molecule is NCc1cc(F)ccc1OCc1cncc(F)c1. The van der Waals surface area contributed by atoms with Crippen LogP contribution in [0.4, 0.5) is 8.78 Å². The van der Waals surface area contributed by atoms with Crippen LogP contribution in [-0.4, -0.2) is 4.98 Å². The van der Waals surface area contributed by atoms with Gasteiger partial charge in [-0.2, -0.15) is 0 Å². The number of nitrogens with two attached hydrogens (primary N) is 1. The molecule has 0 aliphatic carbocycles. The van der Waals surface area contributed by atoms with Crippen molar-refractivity contribution in [3.63, 3.8) is 0 Å². The van der Waals surface area contributed by atoms with Gasteiger partial charge in [-0.15, -0.1) is 0 Å². The lowest BCUT2D eigenvalue weighted by Crippen LogP contribution is -2.03. The molecule has 0 bridgehead atoms. The molecule has 2 rings (SSSR count). The van der Waals surface area contributed by atoms with E-state index < -0.39 is 5.82 Å². The van der Waals surface area contributed by atoms with E-state index in [2.05, 4.69) is 4.98 Å². The zero-order valence-corrected chi connectivity index (χ0v) is 9.57. The molecular weight excluding hydrogens is 238 g/mol. The summed E-state index contributed by atoms with van der Waals surface area (Å²) >= 11 is 0. The summed E-state index contributed by atoms with van der Waals surface area (Å²) in [6.45, 7) is 0.331. The minimum atomic E-state index is -0.422. The topological polar surface area (TPSA) is 48.1 Å². The smallest absolute Gasteiger partial charge is 0.141 e. The van der Waals surface area contributed by atoms with E-state index >= 15 is 0 Å². The van der Waals surface area contributed by atoms with E-state index in [4.69, 9.17) is 10.5 Å². The third-order valence-electron chi connectivity index (χ3n) is 2.40. The molecule has 0 radical (unpaired) electrons. The summed E-state index contributed by atoms with van der Waals surface area (Å²) in [6, 6.07) is 5.44. The van der Waals surface area contributed by atoms with Crippen LogP contribution in [0.1, 0.15) is 11.1 Å². The van der Waals surface area contributed by atoms with Gasteiger partial charge in [0.25, 0.3) is 0 Å². The lowest BCUT2D eigenvalue weighted by molar-refractivity contribution is 0.301. The van der Waals surface area contributed by atoms with Gasteiger partial charge in [-0.25, -0.2) is 8.78 Å². The molecule has 18 heavy (non-hydrogen) atoms. The number of hydrogen-bond donors (Lipinski definition) is 1. The highest BCUT2D eigenvalue weighted by molar-refractivity contribution is 5.34. The van der Waals surface area contributed by atoms with E-state index in [0.717, 1.165) is 6.20 Å². The van der Waals surface area contributed by atoms with Crippen molar-refractivity contribution in [1.29, 1.82) is 0 Å². The largest absolute Gasteiger partial charge is 0.489 e. The van der Waals surface area contributed by atoms with Crippen molar-refractivity contribution >= 4 is 0 Å². The summed E-state index contributed by atoms with van der Waals surface area (Å²) in [6.07, 6.45) is 2.63. The average Bonchev–Trinajstić information content (AvgIpc) is 2.37. The molecule has 0 saturated heterocycles. The number of ether oxygens (including phenoxy) is 1. The van der Waals surface area contributed by atoms with Crippen LogP contribution in [0.3, 0.4) is 0 Å². The van der Waals surface area contributed by atoms with Gasteiger partial charge in [0.15, 0.2) is 0 Å². The highest BCUT2D eigenvalue weighted by Gasteiger charge is 2.05. The van der Waals surface area contributed by atoms with E-state index in [0.29, 0.717) is 16.9 Å². The molecule has 0 unspecified atom stereocenters. The summed E-state index contributed by atoms with van der Waals surface area (Å²) in [4.78, 5) is 3.71. The minimum Gasteiger partial charge on any atom is -0.489 e. The molecule has 0 aliphatic heterocycles. The van der Waals surface area contributed by atoms with Crippen LogP contribution in [0, 0.1) is 11.6 Å². The monoisotopic (exact) mass is 250 g/mol. The molecule has 3 nitrogen and oxygen atoms in total. The van der Waals surface area contributed by atoms with E-state index in [1.54, 1.807) is 0 Å². The highest BCUT2D eigenvalue weighted by Crippen LogP contribution is 2.20. The fourth-order valence-electron chi connectivity index (χ4n) is 1.54. The van der Waals surface area contributed by atoms with E-state index in [9.17, 15) is 8.78 Å². The zero-order chi connectivity index (χ0) is 13.0. The molecule has 1 aromatic carbocycles. The van der Waals surface area contributed by atoms with Crippen molar-refractivity contribution in [2.75, 3.05) is 0 Å². The van der Waals surface area contributed by atoms with E-state index in [-0.39, 0.29) is 19.0 Å². The Balaban J connectivity index is 2.10. The Morgan fingerprint density at radius 1 is 1.11 bits per heavy atom. The summed E-state index contributed by atoms with van der Waals surface area (Å²) in [5.74, 6) is -0.298. The third-order valence-corrected chi connectivity index (χ3v) is 2.40. The van der Waals surface area contributed by atoms with Gasteiger partial charge in [-0.3, -0.25) is 4.98 Å². The maximum atomic E-state index is 13.0. The molecule has 0 atom stereocenters. The lowest BCUT2D eigenvalue weighted by atomic mass is 10.2. The Labute approximate surface area is 103 Å². The van der Waals surface area contributed by atoms with Crippen molar-refractivity contribution in [3.05, 3.63) is 59.4 Å². The molecule has 2 aromatic rings. The molecule has 0 fully saturated rings. The first-order valence-electron chi connectivity index (χ1n) is 5.40. The lowest BCUT2D eigenvalue weighted by Gasteiger charge is -2.10. The molecule has 0 saturated carbocycles. The van der Waals surface area contributed by atoms with Crippen LogP contribution in [0.15, 0.2) is 36.7 Å². The number of nitrogens with zero attached hydrogens (tertiary/aromatic N) is 1. The first-order chi connectivity index (χ1) is 8.69. The van der Waals surface area contributed by atoms with Crippen molar-refractivity contribution < 1.29 is 13.5 Å². The van der Waals surface area contributed by atoms with Crippen LogP contribution in [0.25, 0.3) is 0 Å². The maximum absolute atomic E-state index is 13.0. The molecule has 0 aliphatic rings. The molecule has 1 aromatic heterocycles. The first kappa shape index (κ1) is 12.4. The van der Waals surface area contributed by atoms with Gasteiger partial charge in [0.1, 0.15) is 24.0 Å². The van der Waals surface area contributed by atoms with Gasteiger partial charge < -0.3 is 10.5 Å². The van der Waals surface area contributed by atoms with Gasteiger partial charge in [0.05, 0.1) is 6.20 Å². The molecule has 2 N–H and O–H groups in total. The van der Waals surface area contributed by atoms with Gasteiger partial charge in [0.2, 0.25) is 0 Å². The fourth-order valence-corrected chi connectivity index (χ4v) is 1.54. The van der Waals surface area contributed by atoms with Crippen molar-refractivity contribution in [2.24, 2.45) is 5.73 Å². The number of pyridine rings is 1. The number of halogens is 2. The van der Waals surface area contributed by atoms with Crippen LogP contribution < -0.4 is 10.5 Å². The molecular formula is C13H12F2N2O. The molecule has 5 heteroatoms. The summed E-state index contributed by atoms with van der Waals surface area (Å²) in [5, 5.41) is 0. The standard InChI is InChI=1S/C13H12F2N2O/c14-11-1-2-13(10(4-11)5-16)18-8-9-3-12(15)7-17-6-9/h1-4,6-7H,5,8,16H2. The maximum Gasteiger partial charge on any atom is 0.141 e. The van der Waals surface area contributed by atoms with Crippen LogP contribution in [0.5, 0.6) is 5.75 Å². The van der Waals surface area contributed by atoms with Gasteiger partial charge in [-0.1, -0.05) is 0 Å². The van der Waals surface area contributed by atoms with E-state index in [1.165, 1.54) is 30.5 Å². The normalized spacial score (nSPS) is 10.4. The van der Waals surface area contributed by atoms with Crippen molar-refractivity contribution in [3.8, 4) is 5.75 Å². The van der Waals surface area contributed by atoms with Crippen LogP contribution >= 0.6 is 0 Å². The van der Waals surface area contributed by atoms with Gasteiger partial charge >= 0.3 is 0 Å². The van der Waals surface area contributed by atoms with Crippen molar-refractivity contribution in [2.45, 2.75) is 13.2 Å². The predicted octanol–water partition coefficient (Wildman–Crippen LogP) is 2.40. The van der Waals surface area contributed by atoms with Gasteiger partial charge in [0, 0.05) is 23.9 Å². The Morgan fingerprint density at radius 2 is 1.94 bits per heavy atom. The summed E-state index contributed by atoms with van der Waals surface area (Å²) in [7, 11) is 0. The predicted molar refractivity (Wildman–Crippen MR) is 62.8 cm³/mol. The number of benzene rings is 1. The molecule has 0 spiro atoms. The Hall–Kier alpha value is -2.01. The average molecular weight is 250 g/mol. The second-order valence-electron chi connectivity index (χ2n) is 3.76. The van der Waals surface area contributed by atoms with Crippen LogP contribution in [0.2, 0.25) is 0 Å². The van der Waals surface area contributed by atoms with E-state index in [1.807, 2.05) is 0 Å². The quantitative estimate of drug-likeness (QED) is 0.906. The zero-order valence-electron chi connectivity index (χ0n) is 9.57. The third kappa shape index (κ3) is 3.01. The number of aromatic nitrogens is 1. The van der Waals surface area contributed by atoms with Crippen molar-refractivity contribution in [1.82, 2.24) is 4.98 Å². The minimum absolute atomic E-state index is 0.156. The summed E-state index contributed by atoms with van der Waals surface area (Å²) < 4.78 is 31.4. The Kier molecular flexibility index (Phi) is 3.84. The molecule has 94 valence electrons. The highest BCUT2D eigenvalue weighted by atomic mass is 19.1. The fraction of sp³-hybridized carbons (Fsp3) is 0.154. The second-order valence-corrected chi connectivity index (χ2v) is 3.76. The Morgan fingerprint density at radius 3 is 2.67 bits per heavy atom. The molecule has 1 heterocycles. The van der Waals surface area contributed by atoms with Gasteiger partial charge in [-0.05, 0) is 24.3 Å². The second kappa shape index (κ2) is 5.55. The summed E-state index contributed by atoms with van der Waals surface area (Å²) in [5.41, 5.74) is 6.66.